The van der Waals surface area contributed by atoms with Gasteiger partial charge in [-0.3, -0.25) is 4.79 Å². The van der Waals surface area contributed by atoms with E-state index in [0.29, 0.717) is 5.78 Å². The number of ketones is 1. The van der Waals surface area contributed by atoms with Gasteiger partial charge in [0.15, 0.2) is 5.78 Å². The van der Waals surface area contributed by atoms with Crippen molar-refractivity contribution in [3.8, 4) is 0 Å². The molecule has 0 amide bonds. The molecule has 0 aromatic carbocycles. The number of hydrogen-bond donors (Lipinski definition) is 0. The van der Waals surface area contributed by atoms with E-state index in [1.54, 1.807) is 0 Å². The number of rotatable bonds is 0. The third-order valence-electron chi connectivity index (χ3n) is 2.33. The van der Waals surface area contributed by atoms with E-state index in [1.807, 2.05) is 29.8 Å². The van der Waals surface area contributed by atoms with Crippen LogP contribution in [0.2, 0.25) is 0 Å². The third-order valence-corrected chi connectivity index (χ3v) is 2.33. The summed E-state index contributed by atoms with van der Waals surface area (Å²) >= 11 is 0. The number of aryl methyl sites for hydroxylation is 1. The number of carbonyl (C=O) groups is 1. The topological polar surface area (TPSA) is 22.0 Å². The van der Waals surface area contributed by atoms with Gasteiger partial charge in [-0.1, -0.05) is 6.92 Å². The van der Waals surface area contributed by atoms with Gasteiger partial charge in [-0.15, -0.1) is 0 Å². The molecule has 1 atom stereocenters. The first-order valence-electron chi connectivity index (χ1n) is 3.98. The SMILES string of the molecule is CC1CCn2cccc2C1=O. The van der Waals surface area contributed by atoms with Gasteiger partial charge in [-0.2, -0.15) is 0 Å². The van der Waals surface area contributed by atoms with Crippen LogP contribution in [-0.2, 0) is 6.54 Å². The zero-order valence-electron chi connectivity index (χ0n) is 6.58. The monoisotopic (exact) mass is 149 g/mol. The van der Waals surface area contributed by atoms with Crippen molar-refractivity contribution >= 4 is 5.78 Å². The van der Waals surface area contributed by atoms with Crippen LogP contribution >= 0.6 is 0 Å². The maximum atomic E-state index is 11.5. The van der Waals surface area contributed by atoms with Crippen molar-refractivity contribution in [2.45, 2.75) is 19.9 Å². The van der Waals surface area contributed by atoms with Crippen LogP contribution in [0.15, 0.2) is 18.3 Å². The average Bonchev–Trinajstić information content (AvgIpc) is 2.45. The summed E-state index contributed by atoms with van der Waals surface area (Å²) in [5, 5.41) is 0. The highest BCUT2D eigenvalue weighted by molar-refractivity contribution is 5.96. The quantitative estimate of drug-likeness (QED) is 0.550. The van der Waals surface area contributed by atoms with Crippen molar-refractivity contribution in [2.75, 3.05) is 0 Å². The maximum absolute atomic E-state index is 11.5. The molecule has 0 radical (unpaired) electrons. The second-order valence-corrected chi connectivity index (χ2v) is 3.14. The number of carbonyl (C=O) groups excluding carboxylic acids is 1. The standard InChI is InChI=1S/C9H11NO/c1-7-4-6-10-5-2-3-8(10)9(7)11/h2-3,5,7H,4,6H2,1H3. The van der Waals surface area contributed by atoms with Crippen LogP contribution in [0.25, 0.3) is 0 Å². The Balaban J connectivity index is 2.46. The van der Waals surface area contributed by atoms with E-state index < -0.39 is 0 Å². The molecular formula is C9H11NO. The summed E-state index contributed by atoms with van der Waals surface area (Å²) in [5.74, 6) is 0.513. The first-order chi connectivity index (χ1) is 5.29. The summed E-state index contributed by atoms with van der Waals surface area (Å²) in [7, 11) is 0. The lowest BCUT2D eigenvalue weighted by molar-refractivity contribution is 0.0891. The Kier molecular flexibility index (Phi) is 1.34. The van der Waals surface area contributed by atoms with Crippen molar-refractivity contribution in [1.82, 2.24) is 4.57 Å². The number of aromatic nitrogens is 1. The van der Waals surface area contributed by atoms with Crippen molar-refractivity contribution in [2.24, 2.45) is 5.92 Å². The lowest BCUT2D eigenvalue weighted by Gasteiger charge is -2.19. The third kappa shape index (κ3) is 0.897. The van der Waals surface area contributed by atoms with Gasteiger partial charge in [0.2, 0.25) is 0 Å². The number of fused-ring (bicyclic) bond motifs is 1. The normalized spacial score (nSPS) is 23.4. The number of hydrogen-bond acceptors (Lipinski definition) is 1. The molecule has 0 spiro atoms. The molecule has 1 aromatic rings. The molecule has 1 aromatic heterocycles. The van der Waals surface area contributed by atoms with E-state index in [-0.39, 0.29) is 5.92 Å². The number of Topliss-reactive ketones (excluding diaryl/α,β-unsaturated/α-hetero) is 1. The summed E-state index contributed by atoms with van der Waals surface area (Å²) in [6, 6.07) is 3.84. The summed E-state index contributed by atoms with van der Waals surface area (Å²) in [4.78, 5) is 11.5. The molecule has 2 heteroatoms. The smallest absolute Gasteiger partial charge is 0.182 e. The molecule has 1 aliphatic heterocycles. The van der Waals surface area contributed by atoms with Crippen LogP contribution in [0.4, 0.5) is 0 Å². The Labute approximate surface area is 65.8 Å². The molecule has 0 N–H and O–H groups in total. The van der Waals surface area contributed by atoms with Gasteiger partial charge in [0.1, 0.15) is 0 Å². The first kappa shape index (κ1) is 6.65. The first-order valence-corrected chi connectivity index (χ1v) is 3.98. The summed E-state index contributed by atoms with van der Waals surface area (Å²) in [6.07, 6.45) is 2.96. The fourth-order valence-electron chi connectivity index (χ4n) is 1.55. The van der Waals surface area contributed by atoms with Crippen molar-refractivity contribution < 1.29 is 4.79 Å². The molecule has 11 heavy (non-hydrogen) atoms. The fraction of sp³-hybridized carbons (Fsp3) is 0.444. The van der Waals surface area contributed by atoms with Gasteiger partial charge in [0, 0.05) is 18.7 Å². The second kappa shape index (κ2) is 2.22. The minimum absolute atomic E-state index is 0.220. The van der Waals surface area contributed by atoms with Gasteiger partial charge >= 0.3 is 0 Å². The van der Waals surface area contributed by atoms with Crippen LogP contribution in [-0.4, -0.2) is 10.4 Å². The Morgan fingerprint density at radius 1 is 1.64 bits per heavy atom. The highest BCUT2D eigenvalue weighted by Crippen LogP contribution is 2.19. The second-order valence-electron chi connectivity index (χ2n) is 3.14. The molecule has 0 saturated carbocycles. The zero-order valence-corrected chi connectivity index (χ0v) is 6.58. The molecular weight excluding hydrogens is 138 g/mol. The summed E-state index contributed by atoms with van der Waals surface area (Å²) in [5.41, 5.74) is 0.878. The minimum atomic E-state index is 0.220. The Bertz CT molecular complexity index is 288. The van der Waals surface area contributed by atoms with E-state index in [9.17, 15) is 4.79 Å². The van der Waals surface area contributed by atoms with E-state index in [2.05, 4.69) is 0 Å². The molecule has 0 bridgehead atoms. The van der Waals surface area contributed by atoms with Crippen molar-refractivity contribution in [3.05, 3.63) is 24.0 Å². The Hall–Kier alpha value is -1.05. The van der Waals surface area contributed by atoms with Gasteiger partial charge < -0.3 is 4.57 Å². The van der Waals surface area contributed by atoms with Crippen molar-refractivity contribution in [3.63, 3.8) is 0 Å². The molecule has 0 saturated heterocycles. The Morgan fingerprint density at radius 3 is 3.27 bits per heavy atom. The Morgan fingerprint density at radius 2 is 2.45 bits per heavy atom. The van der Waals surface area contributed by atoms with Crippen LogP contribution in [0.1, 0.15) is 23.8 Å². The molecule has 2 heterocycles. The molecule has 0 fully saturated rings. The summed E-state index contributed by atoms with van der Waals surface area (Å²) in [6.45, 7) is 2.99. The van der Waals surface area contributed by atoms with E-state index in [0.717, 1.165) is 18.7 Å². The molecule has 0 aliphatic carbocycles. The van der Waals surface area contributed by atoms with Crippen LogP contribution < -0.4 is 0 Å². The largest absolute Gasteiger partial charge is 0.345 e. The van der Waals surface area contributed by atoms with Gasteiger partial charge in [-0.05, 0) is 18.6 Å². The van der Waals surface area contributed by atoms with E-state index >= 15 is 0 Å². The van der Waals surface area contributed by atoms with E-state index in [4.69, 9.17) is 0 Å². The van der Waals surface area contributed by atoms with Crippen LogP contribution in [0, 0.1) is 5.92 Å². The molecule has 2 nitrogen and oxygen atoms in total. The lowest BCUT2D eigenvalue weighted by Crippen LogP contribution is -2.23. The van der Waals surface area contributed by atoms with Crippen LogP contribution in [0.3, 0.4) is 0 Å². The van der Waals surface area contributed by atoms with Gasteiger partial charge in [0.05, 0.1) is 5.69 Å². The van der Waals surface area contributed by atoms with Gasteiger partial charge in [-0.25, -0.2) is 0 Å². The highest BCUT2D eigenvalue weighted by Gasteiger charge is 2.22. The molecule has 2 rings (SSSR count). The highest BCUT2D eigenvalue weighted by atomic mass is 16.1. The number of nitrogens with zero attached hydrogens (tertiary/aromatic N) is 1. The molecule has 1 unspecified atom stereocenters. The maximum Gasteiger partial charge on any atom is 0.182 e. The lowest BCUT2D eigenvalue weighted by atomic mass is 9.97. The fourth-order valence-corrected chi connectivity index (χ4v) is 1.55. The van der Waals surface area contributed by atoms with Crippen molar-refractivity contribution in [1.29, 1.82) is 0 Å². The average molecular weight is 149 g/mol. The van der Waals surface area contributed by atoms with Gasteiger partial charge in [0.25, 0.3) is 0 Å². The predicted octanol–water partition coefficient (Wildman–Crippen LogP) is 1.71. The molecule has 58 valence electrons. The van der Waals surface area contributed by atoms with E-state index in [1.165, 1.54) is 0 Å². The predicted molar refractivity (Wildman–Crippen MR) is 42.5 cm³/mol. The zero-order chi connectivity index (χ0) is 7.84. The van der Waals surface area contributed by atoms with Crippen LogP contribution in [0.5, 0.6) is 0 Å². The minimum Gasteiger partial charge on any atom is -0.345 e. The molecule has 1 aliphatic rings. The summed E-state index contributed by atoms with van der Waals surface area (Å²) < 4.78 is 2.03.